The van der Waals surface area contributed by atoms with Crippen molar-refractivity contribution in [2.24, 2.45) is 11.7 Å². The number of primary amides is 1. The van der Waals surface area contributed by atoms with E-state index in [1.54, 1.807) is 0 Å². The van der Waals surface area contributed by atoms with Gasteiger partial charge in [-0.25, -0.2) is 0 Å². The number of benzene rings is 2. The maximum Gasteiger partial charge on any atom is 0.276 e. The zero-order valence-corrected chi connectivity index (χ0v) is 14.9. The molecule has 128 valence electrons. The molecule has 1 amide bonds. The highest BCUT2D eigenvalue weighted by molar-refractivity contribution is 6.33. The number of nitriles is 1. The first-order chi connectivity index (χ1) is 12.0. The fourth-order valence-corrected chi connectivity index (χ4v) is 4.23. The lowest BCUT2D eigenvalue weighted by Crippen LogP contribution is -2.58. The summed E-state index contributed by atoms with van der Waals surface area (Å²) in [6.45, 7) is 3.03. The lowest BCUT2D eigenvalue weighted by Gasteiger charge is -2.36. The molecule has 3 atom stereocenters. The van der Waals surface area contributed by atoms with E-state index < -0.39 is 0 Å². The summed E-state index contributed by atoms with van der Waals surface area (Å²) in [6, 6.07) is 17.5. The van der Waals surface area contributed by atoms with Crippen LogP contribution in [0.3, 0.4) is 0 Å². The van der Waals surface area contributed by atoms with Crippen LogP contribution in [-0.4, -0.2) is 25.0 Å². The van der Waals surface area contributed by atoms with Crippen LogP contribution in [0.4, 0.5) is 5.69 Å². The molecule has 2 aromatic carbocycles. The molecule has 2 N–H and O–H groups in total. The summed E-state index contributed by atoms with van der Waals surface area (Å²) in [6.07, 6.45) is 0.695. The monoisotopic (exact) mass is 354 g/mol. The molecule has 0 spiro atoms. The molecule has 4 nitrogen and oxygen atoms in total. The molecule has 1 aliphatic heterocycles. The summed E-state index contributed by atoms with van der Waals surface area (Å²) in [5.74, 6) is -0.0301. The molecule has 1 fully saturated rings. The van der Waals surface area contributed by atoms with E-state index in [4.69, 9.17) is 17.3 Å². The first-order valence-electron chi connectivity index (χ1n) is 8.36. The lowest BCUT2D eigenvalue weighted by molar-refractivity contribution is -0.121. The molecule has 0 aliphatic carbocycles. The predicted molar refractivity (Wildman–Crippen MR) is 101 cm³/mol. The second-order valence-electron chi connectivity index (χ2n) is 6.82. The Hall–Kier alpha value is -2.35. The minimum Gasteiger partial charge on any atom is -0.364 e. The van der Waals surface area contributed by atoms with Gasteiger partial charge in [-0.2, -0.15) is 5.26 Å². The van der Waals surface area contributed by atoms with E-state index in [-0.39, 0.29) is 23.0 Å². The first kappa shape index (κ1) is 17.5. The molecule has 2 aromatic rings. The highest BCUT2D eigenvalue weighted by Gasteiger charge is 2.50. The second-order valence-corrected chi connectivity index (χ2v) is 7.23. The molecule has 25 heavy (non-hydrogen) atoms. The molecule has 1 aliphatic rings. The molecular formula is C20H21ClN3O+. The smallest absolute Gasteiger partial charge is 0.276 e. The normalized spacial score (nSPS) is 25.5. The quantitative estimate of drug-likeness (QED) is 0.671. The van der Waals surface area contributed by atoms with Gasteiger partial charge in [0.2, 0.25) is 0 Å². The number of rotatable bonds is 4. The van der Waals surface area contributed by atoms with E-state index in [0.717, 1.165) is 23.4 Å². The number of likely N-dealkylation sites (tertiary alicyclic amines) is 1. The van der Waals surface area contributed by atoms with Crippen LogP contribution >= 0.6 is 11.6 Å². The number of carbonyl (C=O) groups is 1. The van der Waals surface area contributed by atoms with Crippen LogP contribution in [0.5, 0.6) is 0 Å². The molecule has 1 saturated heterocycles. The van der Waals surface area contributed by atoms with E-state index in [2.05, 4.69) is 13.0 Å². The SMILES string of the molecule is C[C@H]1C[C@@H](C(N)=O)[N+](CC#N)(c2ccc(Cl)c(-c3ccccc3)c2)C1. The minimum absolute atomic E-state index is 0.216. The Bertz CT molecular complexity index is 831. The molecule has 0 aromatic heterocycles. The zero-order valence-electron chi connectivity index (χ0n) is 14.2. The van der Waals surface area contributed by atoms with Crippen molar-refractivity contribution in [2.45, 2.75) is 19.4 Å². The summed E-state index contributed by atoms with van der Waals surface area (Å²) >= 11 is 6.42. The Morgan fingerprint density at radius 3 is 2.68 bits per heavy atom. The Balaban J connectivity index is 2.16. The summed E-state index contributed by atoms with van der Waals surface area (Å²) in [5, 5.41) is 10.1. The summed E-state index contributed by atoms with van der Waals surface area (Å²) in [7, 11) is 0. The van der Waals surface area contributed by atoms with Crippen molar-refractivity contribution in [1.82, 2.24) is 4.48 Å². The van der Waals surface area contributed by atoms with Gasteiger partial charge in [-0.15, -0.1) is 0 Å². The number of quaternary nitrogens is 1. The van der Waals surface area contributed by atoms with E-state index in [0.29, 0.717) is 17.4 Å². The number of nitrogens with two attached hydrogens (primary N) is 1. The fraction of sp³-hybridized carbons (Fsp3) is 0.300. The summed E-state index contributed by atoms with van der Waals surface area (Å²) < 4.78 is 0.282. The van der Waals surface area contributed by atoms with Crippen LogP contribution < -0.4 is 10.2 Å². The van der Waals surface area contributed by atoms with Crippen LogP contribution in [0.15, 0.2) is 48.5 Å². The van der Waals surface area contributed by atoms with E-state index in [9.17, 15) is 10.1 Å². The third-order valence-corrected chi connectivity index (χ3v) is 5.42. The number of halogens is 1. The van der Waals surface area contributed by atoms with Crippen molar-refractivity contribution in [3.8, 4) is 17.2 Å². The van der Waals surface area contributed by atoms with Crippen molar-refractivity contribution in [1.29, 1.82) is 5.26 Å². The van der Waals surface area contributed by atoms with E-state index >= 15 is 0 Å². The number of nitrogens with zero attached hydrogens (tertiary/aromatic N) is 2. The molecular weight excluding hydrogens is 334 g/mol. The van der Waals surface area contributed by atoms with Crippen LogP contribution in [-0.2, 0) is 4.79 Å². The molecule has 1 heterocycles. The van der Waals surface area contributed by atoms with Crippen molar-refractivity contribution in [2.75, 3.05) is 13.1 Å². The highest BCUT2D eigenvalue weighted by Crippen LogP contribution is 2.40. The van der Waals surface area contributed by atoms with Gasteiger partial charge in [-0.3, -0.25) is 9.28 Å². The second kappa shape index (κ2) is 6.87. The number of hydrogen-bond donors (Lipinski definition) is 1. The summed E-state index contributed by atoms with van der Waals surface area (Å²) in [4.78, 5) is 12.1. The van der Waals surface area contributed by atoms with Crippen LogP contribution in [0.25, 0.3) is 11.1 Å². The fourth-order valence-electron chi connectivity index (χ4n) is 4.01. The standard InChI is InChI=1S/C20H20ClN3O/c1-14-11-19(20(23)25)24(13-14,10-9-22)16-7-8-18(21)17(12-16)15-5-3-2-4-6-15/h2-8,12,14,19H,10-11,13H2,1H3,(H-,23,25)/p+1/t14-,19-,24?/m0/s1. The third-order valence-electron chi connectivity index (χ3n) is 5.09. The van der Waals surface area contributed by atoms with Crippen LogP contribution in [0, 0.1) is 17.2 Å². The molecule has 5 heteroatoms. The minimum atomic E-state index is -0.389. The average Bonchev–Trinajstić information content (AvgIpc) is 2.94. The van der Waals surface area contributed by atoms with Gasteiger partial charge < -0.3 is 5.73 Å². The van der Waals surface area contributed by atoms with Crippen molar-refractivity contribution in [3.05, 3.63) is 53.6 Å². The third kappa shape index (κ3) is 3.13. The Kier molecular flexibility index (Phi) is 4.80. The maximum atomic E-state index is 12.1. The van der Waals surface area contributed by atoms with Crippen molar-refractivity contribution < 1.29 is 4.79 Å². The van der Waals surface area contributed by atoms with Gasteiger partial charge in [0.1, 0.15) is 11.8 Å². The summed E-state index contributed by atoms with van der Waals surface area (Å²) in [5.41, 5.74) is 8.51. The molecule has 0 saturated carbocycles. The van der Waals surface area contributed by atoms with Gasteiger partial charge in [0.15, 0.2) is 12.6 Å². The number of carbonyl (C=O) groups excluding carboxylic acids is 1. The van der Waals surface area contributed by atoms with Crippen LogP contribution in [0.1, 0.15) is 13.3 Å². The van der Waals surface area contributed by atoms with Crippen LogP contribution in [0.2, 0.25) is 5.02 Å². The average molecular weight is 355 g/mol. The lowest BCUT2D eigenvalue weighted by atomic mass is 10.0. The molecule has 0 bridgehead atoms. The van der Waals surface area contributed by atoms with Gasteiger partial charge in [0.25, 0.3) is 5.91 Å². The highest BCUT2D eigenvalue weighted by atomic mass is 35.5. The predicted octanol–water partition coefficient (Wildman–Crippen LogP) is 3.73. The van der Waals surface area contributed by atoms with Gasteiger partial charge in [0.05, 0.1) is 6.54 Å². The Morgan fingerprint density at radius 2 is 2.04 bits per heavy atom. The maximum absolute atomic E-state index is 12.1. The molecule has 3 rings (SSSR count). The van der Waals surface area contributed by atoms with Crippen molar-refractivity contribution in [3.63, 3.8) is 0 Å². The number of hydrogen-bond acceptors (Lipinski definition) is 2. The Morgan fingerprint density at radius 1 is 1.32 bits per heavy atom. The first-order valence-corrected chi connectivity index (χ1v) is 8.74. The topological polar surface area (TPSA) is 66.9 Å². The molecule has 1 unspecified atom stereocenters. The van der Waals surface area contributed by atoms with Crippen molar-refractivity contribution >= 4 is 23.2 Å². The largest absolute Gasteiger partial charge is 0.364 e. The van der Waals surface area contributed by atoms with E-state index in [1.807, 2.05) is 48.5 Å². The van der Waals surface area contributed by atoms with E-state index in [1.165, 1.54) is 0 Å². The zero-order chi connectivity index (χ0) is 18.0. The van der Waals surface area contributed by atoms with Gasteiger partial charge in [-0.1, -0.05) is 48.9 Å². The number of amides is 1. The van der Waals surface area contributed by atoms with Gasteiger partial charge >= 0.3 is 0 Å². The molecule has 0 radical (unpaired) electrons. The van der Waals surface area contributed by atoms with Gasteiger partial charge in [-0.05, 0) is 11.6 Å². The van der Waals surface area contributed by atoms with Gasteiger partial charge in [0, 0.05) is 35.1 Å². The Labute approximate surface area is 153 Å².